The first kappa shape index (κ1) is 15.8. The number of carbonyl (C=O) groups is 2. The molecule has 0 saturated heterocycles. The largest absolute Gasteiger partial charge is 0.456 e. The van der Waals surface area contributed by atoms with Crippen molar-refractivity contribution in [2.75, 3.05) is 11.5 Å². The first-order valence-corrected chi connectivity index (χ1v) is 8.17. The quantitative estimate of drug-likeness (QED) is 0.768. The SMILES string of the molecule is O=C1OCC2=C1[C@H](c1ccccc1F)CC(=O)N2c1cccc(Cl)c1. The zero-order valence-corrected chi connectivity index (χ0v) is 13.8. The summed E-state index contributed by atoms with van der Waals surface area (Å²) < 4.78 is 19.4. The third-order valence-corrected chi connectivity index (χ3v) is 4.70. The van der Waals surface area contributed by atoms with Crippen LogP contribution in [0.5, 0.6) is 0 Å². The average Bonchev–Trinajstić information content (AvgIpc) is 2.96. The van der Waals surface area contributed by atoms with Gasteiger partial charge in [0.1, 0.15) is 12.4 Å². The summed E-state index contributed by atoms with van der Waals surface area (Å²) in [6.07, 6.45) is -0.0125. The molecule has 6 heteroatoms. The van der Waals surface area contributed by atoms with Gasteiger partial charge in [0.05, 0.1) is 17.0 Å². The molecule has 0 fully saturated rings. The van der Waals surface area contributed by atoms with Crippen LogP contribution < -0.4 is 4.90 Å². The van der Waals surface area contributed by atoms with E-state index in [0.717, 1.165) is 0 Å². The first-order valence-electron chi connectivity index (χ1n) is 7.79. The Labute approximate surface area is 148 Å². The van der Waals surface area contributed by atoms with Gasteiger partial charge >= 0.3 is 5.97 Å². The van der Waals surface area contributed by atoms with Crippen molar-refractivity contribution in [1.82, 2.24) is 0 Å². The molecule has 2 heterocycles. The van der Waals surface area contributed by atoms with Crippen LogP contribution in [0, 0.1) is 5.82 Å². The van der Waals surface area contributed by atoms with Crippen LogP contribution in [0.25, 0.3) is 0 Å². The summed E-state index contributed by atoms with van der Waals surface area (Å²) in [7, 11) is 0. The Morgan fingerprint density at radius 3 is 2.68 bits per heavy atom. The monoisotopic (exact) mass is 357 g/mol. The van der Waals surface area contributed by atoms with Crippen LogP contribution in [0.15, 0.2) is 59.8 Å². The molecule has 0 radical (unpaired) electrons. The molecule has 4 nitrogen and oxygen atoms in total. The summed E-state index contributed by atoms with van der Waals surface area (Å²) in [5.41, 5.74) is 1.68. The van der Waals surface area contributed by atoms with E-state index >= 15 is 0 Å². The van der Waals surface area contributed by atoms with Crippen LogP contribution >= 0.6 is 11.6 Å². The van der Waals surface area contributed by atoms with Gasteiger partial charge in [-0.05, 0) is 29.8 Å². The minimum absolute atomic E-state index is 0.0125. The number of benzene rings is 2. The van der Waals surface area contributed by atoms with E-state index in [0.29, 0.717) is 27.5 Å². The standard InChI is InChI=1S/C19H13ClFNO3/c20-11-4-3-5-12(8-11)22-16-10-25-19(24)18(16)14(9-17(22)23)13-6-1-2-7-15(13)21/h1-8,14H,9-10H2/t14-/m0/s1. The second kappa shape index (κ2) is 6.01. The number of cyclic esters (lactones) is 1. The molecule has 2 aliphatic rings. The normalized spacial score (nSPS) is 19.9. The fraction of sp³-hybridized carbons (Fsp3) is 0.158. The van der Waals surface area contributed by atoms with Crippen LogP contribution in [0.3, 0.4) is 0 Å². The maximum Gasteiger partial charge on any atom is 0.336 e. The lowest BCUT2D eigenvalue weighted by Gasteiger charge is -2.32. The molecule has 2 aliphatic heterocycles. The Hall–Kier alpha value is -2.66. The topological polar surface area (TPSA) is 46.6 Å². The molecule has 0 bridgehead atoms. The van der Waals surface area contributed by atoms with Gasteiger partial charge in [-0.25, -0.2) is 9.18 Å². The highest BCUT2D eigenvalue weighted by atomic mass is 35.5. The zero-order chi connectivity index (χ0) is 17.6. The lowest BCUT2D eigenvalue weighted by atomic mass is 9.84. The summed E-state index contributed by atoms with van der Waals surface area (Å²) in [5.74, 6) is -1.83. The molecule has 2 aromatic carbocycles. The Bertz CT molecular complexity index is 924. The van der Waals surface area contributed by atoms with Gasteiger partial charge in [0, 0.05) is 17.4 Å². The maximum atomic E-state index is 14.2. The maximum absolute atomic E-state index is 14.2. The van der Waals surface area contributed by atoms with Crippen molar-refractivity contribution in [3.05, 3.63) is 76.2 Å². The molecule has 25 heavy (non-hydrogen) atoms. The van der Waals surface area contributed by atoms with E-state index in [9.17, 15) is 14.0 Å². The fourth-order valence-electron chi connectivity index (χ4n) is 3.39. The third-order valence-electron chi connectivity index (χ3n) is 4.46. The van der Waals surface area contributed by atoms with E-state index < -0.39 is 17.7 Å². The second-order valence-corrected chi connectivity index (χ2v) is 6.36. The van der Waals surface area contributed by atoms with E-state index in [4.69, 9.17) is 16.3 Å². The number of amides is 1. The number of anilines is 1. The number of rotatable bonds is 2. The van der Waals surface area contributed by atoms with Crippen molar-refractivity contribution in [2.45, 2.75) is 12.3 Å². The summed E-state index contributed by atoms with van der Waals surface area (Å²) >= 11 is 6.03. The number of halogens is 2. The second-order valence-electron chi connectivity index (χ2n) is 5.92. The highest BCUT2D eigenvalue weighted by Gasteiger charge is 2.43. The van der Waals surface area contributed by atoms with Crippen molar-refractivity contribution in [3.63, 3.8) is 0 Å². The smallest absolute Gasteiger partial charge is 0.336 e. The third kappa shape index (κ3) is 2.61. The minimum atomic E-state index is -0.644. The summed E-state index contributed by atoms with van der Waals surface area (Å²) in [6.45, 7) is -0.0165. The van der Waals surface area contributed by atoms with Gasteiger partial charge in [0.15, 0.2) is 0 Å². The van der Waals surface area contributed by atoms with Crippen LogP contribution in [-0.4, -0.2) is 18.5 Å². The first-order chi connectivity index (χ1) is 12.1. The van der Waals surface area contributed by atoms with E-state index in [1.807, 2.05) is 0 Å². The number of nitrogens with zero attached hydrogens (tertiary/aromatic N) is 1. The van der Waals surface area contributed by atoms with Gasteiger partial charge < -0.3 is 4.74 Å². The van der Waals surface area contributed by atoms with E-state index in [1.54, 1.807) is 42.5 Å². The van der Waals surface area contributed by atoms with Crippen LogP contribution in [0.1, 0.15) is 17.9 Å². The molecular formula is C19H13ClFNO3. The molecule has 1 amide bonds. The molecule has 2 aromatic rings. The van der Waals surface area contributed by atoms with Crippen LogP contribution in [0.4, 0.5) is 10.1 Å². The predicted octanol–water partition coefficient (Wildman–Crippen LogP) is 3.81. The van der Waals surface area contributed by atoms with E-state index in [-0.39, 0.29) is 18.9 Å². The molecule has 1 atom stereocenters. The lowest BCUT2D eigenvalue weighted by Crippen LogP contribution is -2.37. The molecule has 0 unspecified atom stereocenters. The van der Waals surface area contributed by atoms with Crippen molar-refractivity contribution >= 4 is 29.2 Å². The van der Waals surface area contributed by atoms with Crippen molar-refractivity contribution in [2.24, 2.45) is 0 Å². The Kier molecular flexibility index (Phi) is 3.81. The Morgan fingerprint density at radius 1 is 1.12 bits per heavy atom. The van der Waals surface area contributed by atoms with E-state index in [2.05, 4.69) is 0 Å². The minimum Gasteiger partial charge on any atom is -0.456 e. The average molecular weight is 358 g/mol. The van der Waals surface area contributed by atoms with Gasteiger partial charge in [-0.1, -0.05) is 35.9 Å². The molecule has 0 aliphatic carbocycles. The number of esters is 1. The van der Waals surface area contributed by atoms with Gasteiger partial charge in [-0.3, -0.25) is 9.69 Å². The highest BCUT2D eigenvalue weighted by Crippen LogP contribution is 2.42. The Balaban J connectivity index is 1.86. The van der Waals surface area contributed by atoms with E-state index in [1.165, 1.54) is 11.0 Å². The summed E-state index contributed by atoms with van der Waals surface area (Å²) in [4.78, 5) is 26.5. The number of hydrogen-bond acceptors (Lipinski definition) is 3. The molecular weight excluding hydrogens is 345 g/mol. The molecule has 0 spiro atoms. The predicted molar refractivity (Wildman–Crippen MR) is 90.7 cm³/mol. The van der Waals surface area contributed by atoms with Gasteiger partial charge in [0.2, 0.25) is 5.91 Å². The molecule has 0 saturated carbocycles. The van der Waals surface area contributed by atoms with Gasteiger partial charge in [0.25, 0.3) is 0 Å². The molecule has 0 aromatic heterocycles. The van der Waals surface area contributed by atoms with Crippen molar-refractivity contribution < 1.29 is 18.7 Å². The van der Waals surface area contributed by atoms with Gasteiger partial charge in [-0.2, -0.15) is 0 Å². The molecule has 4 rings (SSSR count). The number of hydrogen-bond donors (Lipinski definition) is 0. The van der Waals surface area contributed by atoms with Crippen molar-refractivity contribution in [3.8, 4) is 0 Å². The molecule has 0 N–H and O–H groups in total. The van der Waals surface area contributed by atoms with Crippen LogP contribution in [-0.2, 0) is 14.3 Å². The van der Waals surface area contributed by atoms with Crippen LogP contribution in [0.2, 0.25) is 5.02 Å². The molecule has 126 valence electrons. The zero-order valence-electron chi connectivity index (χ0n) is 13.0. The summed E-state index contributed by atoms with van der Waals surface area (Å²) in [5, 5.41) is 0.480. The van der Waals surface area contributed by atoms with Gasteiger partial charge in [-0.15, -0.1) is 0 Å². The lowest BCUT2D eigenvalue weighted by molar-refractivity contribution is -0.136. The Morgan fingerprint density at radius 2 is 1.92 bits per heavy atom. The number of ether oxygens (including phenoxy) is 1. The number of carbonyl (C=O) groups excluding carboxylic acids is 2. The highest BCUT2D eigenvalue weighted by molar-refractivity contribution is 6.31. The fourth-order valence-corrected chi connectivity index (χ4v) is 3.58. The summed E-state index contributed by atoms with van der Waals surface area (Å²) in [6, 6.07) is 13.0. The van der Waals surface area contributed by atoms with Crippen molar-refractivity contribution in [1.29, 1.82) is 0 Å².